The lowest BCUT2D eigenvalue weighted by Crippen LogP contribution is -2.29. The van der Waals surface area contributed by atoms with Gasteiger partial charge >= 0.3 is 0 Å². The van der Waals surface area contributed by atoms with Crippen LogP contribution in [0.2, 0.25) is 0 Å². The summed E-state index contributed by atoms with van der Waals surface area (Å²) in [6, 6.07) is 12.2. The van der Waals surface area contributed by atoms with Gasteiger partial charge < -0.3 is 15.4 Å². The Kier molecular flexibility index (Phi) is 5.89. The first-order valence-corrected chi connectivity index (χ1v) is 7.62. The van der Waals surface area contributed by atoms with Crippen LogP contribution in [0.15, 0.2) is 42.5 Å². The third-order valence-corrected chi connectivity index (χ3v) is 3.44. The van der Waals surface area contributed by atoms with Gasteiger partial charge in [-0.15, -0.1) is 0 Å². The van der Waals surface area contributed by atoms with Crippen molar-refractivity contribution in [3.63, 3.8) is 0 Å². The molecule has 0 bridgehead atoms. The third-order valence-electron chi connectivity index (χ3n) is 3.44. The first-order chi connectivity index (χ1) is 11.5. The molecule has 6 heteroatoms. The number of anilines is 1. The summed E-state index contributed by atoms with van der Waals surface area (Å²) in [5.74, 6) is 0.796. The van der Waals surface area contributed by atoms with E-state index in [1.165, 1.54) is 6.92 Å². The predicted octanol–water partition coefficient (Wildman–Crippen LogP) is 2.60. The van der Waals surface area contributed by atoms with E-state index in [9.17, 15) is 9.59 Å². The fraction of sp³-hybridized carbons (Fsp3) is 0.278. The molecule has 2 amide bonds. The molecule has 126 valence electrons. The average molecular weight is 327 g/mol. The number of methoxy groups -OCH3 is 1. The van der Waals surface area contributed by atoms with Gasteiger partial charge in [0.15, 0.2) is 0 Å². The molecule has 0 aliphatic rings. The standard InChI is InChI=1S/C18H21N3O3/c1-12-5-4-6-17(19-12)21-18(23)11-16(20-13(2)22)14-7-9-15(24-3)10-8-14/h4-10,16H,11H2,1-3H3,(H,20,22)(H,19,21,23)/t16-/m1/s1. The van der Waals surface area contributed by atoms with Crippen LogP contribution in [0.3, 0.4) is 0 Å². The van der Waals surface area contributed by atoms with Crippen LogP contribution in [-0.2, 0) is 9.59 Å². The summed E-state index contributed by atoms with van der Waals surface area (Å²) in [6.07, 6.45) is 0.113. The second kappa shape index (κ2) is 8.10. The van der Waals surface area contributed by atoms with Gasteiger partial charge in [-0.05, 0) is 36.8 Å². The van der Waals surface area contributed by atoms with Crippen LogP contribution in [0.5, 0.6) is 5.75 Å². The molecule has 0 aliphatic carbocycles. The molecule has 0 saturated heterocycles. The van der Waals surface area contributed by atoms with Gasteiger partial charge in [0.25, 0.3) is 0 Å². The van der Waals surface area contributed by atoms with E-state index in [4.69, 9.17) is 4.74 Å². The monoisotopic (exact) mass is 327 g/mol. The van der Waals surface area contributed by atoms with Crippen molar-refractivity contribution in [2.75, 3.05) is 12.4 Å². The molecule has 0 unspecified atom stereocenters. The number of rotatable bonds is 6. The van der Waals surface area contributed by atoms with Crippen molar-refractivity contribution >= 4 is 17.6 Å². The normalized spacial score (nSPS) is 11.5. The Morgan fingerprint density at radius 2 is 1.88 bits per heavy atom. The Morgan fingerprint density at radius 3 is 2.46 bits per heavy atom. The second-order valence-corrected chi connectivity index (χ2v) is 5.44. The third kappa shape index (κ3) is 5.08. The maximum atomic E-state index is 12.3. The van der Waals surface area contributed by atoms with E-state index in [-0.39, 0.29) is 18.2 Å². The number of benzene rings is 1. The van der Waals surface area contributed by atoms with Gasteiger partial charge in [-0.3, -0.25) is 9.59 Å². The number of aromatic nitrogens is 1. The molecule has 24 heavy (non-hydrogen) atoms. The van der Waals surface area contributed by atoms with Crippen LogP contribution < -0.4 is 15.4 Å². The first kappa shape index (κ1) is 17.5. The predicted molar refractivity (Wildman–Crippen MR) is 91.8 cm³/mol. The summed E-state index contributed by atoms with van der Waals surface area (Å²) in [5.41, 5.74) is 1.65. The zero-order valence-corrected chi connectivity index (χ0v) is 14.0. The Morgan fingerprint density at radius 1 is 1.17 bits per heavy atom. The average Bonchev–Trinajstić information content (AvgIpc) is 2.54. The van der Waals surface area contributed by atoms with Crippen molar-refractivity contribution in [1.82, 2.24) is 10.3 Å². The lowest BCUT2D eigenvalue weighted by molar-refractivity contribution is -0.120. The lowest BCUT2D eigenvalue weighted by atomic mass is 10.0. The molecule has 0 spiro atoms. The molecule has 1 aromatic carbocycles. The molecule has 0 saturated carbocycles. The maximum absolute atomic E-state index is 12.3. The minimum absolute atomic E-state index is 0.113. The number of nitrogens with zero attached hydrogens (tertiary/aromatic N) is 1. The van der Waals surface area contributed by atoms with Crippen molar-refractivity contribution in [1.29, 1.82) is 0 Å². The fourth-order valence-corrected chi connectivity index (χ4v) is 2.33. The number of amides is 2. The highest BCUT2D eigenvalue weighted by atomic mass is 16.5. The minimum atomic E-state index is -0.418. The van der Waals surface area contributed by atoms with E-state index < -0.39 is 6.04 Å². The van der Waals surface area contributed by atoms with Gasteiger partial charge in [-0.25, -0.2) is 4.98 Å². The van der Waals surface area contributed by atoms with Gasteiger partial charge in [0, 0.05) is 12.6 Å². The van der Waals surface area contributed by atoms with Crippen LogP contribution in [0.4, 0.5) is 5.82 Å². The molecular formula is C18H21N3O3. The number of nitrogens with one attached hydrogen (secondary N) is 2. The minimum Gasteiger partial charge on any atom is -0.497 e. The van der Waals surface area contributed by atoms with E-state index in [0.717, 1.165) is 11.3 Å². The van der Waals surface area contributed by atoms with E-state index in [1.807, 2.05) is 31.2 Å². The topological polar surface area (TPSA) is 80.3 Å². The molecule has 2 rings (SSSR count). The van der Waals surface area contributed by atoms with Crippen LogP contribution in [0, 0.1) is 6.92 Å². The van der Waals surface area contributed by atoms with Gasteiger partial charge in [0.05, 0.1) is 19.6 Å². The number of carbonyl (C=O) groups is 2. The van der Waals surface area contributed by atoms with E-state index >= 15 is 0 Å². The molecule has 2 aromatic rings. The summed E-state index contributed by atoms with van der Waals surface area (Å²) < 4.78 is 5.13. The first-order valence-electron chi connectivity index (χ1n) is 7.62. The fourth-order valence-electron chi connectivity index (χ4n) is 2.33. The summed E-state index contributed by atoms with van der Waals surface area (Å²) >= 11 is 0. The van der Waals surface area contributed by atoms with Crippen molar-refractivity contribution < 1.29 is 14.3 Å². The highest BCUT2D eigenvalue weighted by molar-refractivity contribution is 5.90. The van der Waals surface area contributed by atoms with Crippen LogP contribution in [0.25, 0.3) is 0 Å². The molecule has 0 fully saturated rings. The van der Waals surface area contributed by atoms with Gasteiger partial charge in [-0.1, -0.05) is 18.2 Å². The van der Waals surface area contributed by atoms with Crippen LogP contribution in [0.1, 0.15) is 30.6 Å². The van der Waals surface area contributed by atoms with E-state index in [2.05, 4.69) is 15.6 Å². The Bertz CT molecular complexity index is 714. The van der Waals surface area contributed by atoms with Crippen LogP contribution >= 0.6 is 0 Å². The quantitative estimate of drug-likeness (QED) is 0.854. The Balaban J connectivity index is 2.09. The summed E-state index contributed by atoms with van der Waals surface area (Å²) in [6.45, 7) is 3.28. The smallest absolute Gasteiger partial charge is 0.227 e. The highest BCUT2D eigenvalue weighted by Gasteiger charge is 2.17. The van der Waals surface area contributed by atoms with E-state index in [1.54, 1.807) is 25.3 Å². The Labute approximate surface area is 141 Å². The van der Waals surface area contributed by atoms with Crippen molar-refractivity contribution in [3.8, 4) is 5.75 Å². The van der Waals surface area contributed by atoms with Crippen LogP contribution in [-0.4, -0.2) is 23.9 Å². The molecule has 1 atom stereocenters. The molecule has 0 aliphatic heterocycles. The molecule has 1 heterocycles. The summed E-state index contributed by atoms with van der Waals surface area (Å²) in [4.78, 5) is 28.0. The molecule has 2 N–H and O–H groups in total. The SMILES string of the molecule is COc1ccc([C@@H](CC(=O)Nc2cccc(C)n2)NC(C)=O)cc1. The molecule has 1 aromatic heterocycles. The molecule has 6 nitrogen and oxygen atoms in total. The number of hydrogen-bond donors (Lipinski definition) is 2. The van der Waals surface area contributed by atoms with Crippen molar-refractivity contribution in [2.24, 2.45) is 0 Å². The zero-order valence-electron chi connectivity index (χ0n) is 14.0. The zero-order chi connectivity index (χ0) is 17.5. The number of hydrogen-bond acceptors (Lipinski definition) is 4. The van der Waals surface area contributed by atoms with E-state index in [0.29, 0.717) is 11.6 Å². The largest absolute Gasteiger partial charge is 0.497 e. The number of carbonyl (C=O) groups excluding carboxylic acids is 2. The summed E-state index contributed by atoms with van der Waals surface area (Å²) in [7, 11) is 1.59. The second-order valence-electron chi connectivity index (χ2n) is 5.44. The number of aryl methyl sites for hydroxylation is 1. The molecular weight excluding hydrogens is 306 g/mol. The number of pyridine rings is 1. The van der Waals surface area contributed by atoms with Gasteiger partial charge in [0.1, 0.15) is 11.6 Å². The summed E-state index contributed by atoms with van der Waals surface area (Å²) in [5, 5.41) is 5.55. The van der Waals surface area contributed by atoms with Crippen molar-refractivity contribution in [2.45, 2.75) is 26.3 Å². The Hall–Kier alpha value is -2.89. The van der Waals surface area contributed by atoms with Gasteiger partial charge in [0.2, 0.25) is 11.8 Å². The maximum Gasteiger partial charge on any atom is 0.227 e. The number of ether oxygens (including phenoxy) is 1. The van der Waals surface area contributed by atoms with Gasteiger partial charge in [-0.2, -0.15) is 0 Å². The highest BCUT2D eigenvalue weighted by Crippen LogP contribution is 2.21. The van der Waals surface area contributed by atoms with Crippen molar-refractivity contribution in [3.05, 3.63) is 53.7 Å². The lowest BCUT2D eigenvalue weighted by Gasteiger charge is -2.18. The molecule has 0 radical (unpaired) electrons.